The van der Waals surface area contributed by atoms with Gasteiger partial charge in [-0.05, 0) is 60.9 Å². The van der Waals surface area contributed by atoms with Crippen LogP contribution >= 0.6 is 11.6 Å². The molecule has 0 spiro atoms. The Kier molecular flexibility index (Phi) is 6.48. The lowest BCUT2D eigenvalue weighted by molar-refractivity contribution is -0.116. The van der Waals surface area contributed by atoms with Crippen LogP contribution in [0.5, 0.6) is 0 Å². The van der Waals surface area contributed by atoms with Crippen LogP contribution in [0.15, 0.2) is 59.5 Å². The first kappa shape index (κ1) is 23.7. The van der Waals surface area contributed by atoms with E-state index in [0.717, 1.165) is 41.2 Å². The first-order chi connectivity index (χ1) is 16.8. The fraction of sp³-hybridized carbons (Fsp3) is 0.320. The molecule has 10 heteroatoms. The van der Waals surface area contributed by atoms with Crippen molar-refractivity contribution < 1.29 is 13.2 Å². The third-order valence-corrected chi connectivity index (χ3v) is 8.69. The largest absolute Gasteiger partial charge is 0.352 e. The molecular formula is C25H26ClN5O3S. The minimum absolute atomic E-state index is 0.0259. The average Bonchev–Trinajstić information content (AvgIpc) is 2.88. The Hall–Kier alpha value is -3.01. The van der Waals surface area contributed by atoms with Gasteiger partial charge in [0.15, 0.2) is 5.82 Å². The number of hydrogen-bond acceptors (Lipinski definition) is 6. The normalized spacial score (nSPS) is 16.7. The number of piperazine rings is 1. The van der Waals surface area contributed by atoms with Crippen molar-refractivity contribution in [2.45, 2.75) is 24.7 Å². The Labute approximate surface area is 210 Å². The molecule has 2 aliphatic rings. The predicted octanol–water partition coefficient (Wildman–Crippen LogP) is 3.61. The molecule has 3 aromatic rings. The van der Waals surface area contributed by atoms with E-state index >= 15 is 0 Å². The van der Waals surface area contributed by atoms with Crippen LogP contribution in [-0.4, -0.2) is 61.6 Å². The molecule has 2 aromatic carbocycles. The van der Waals surface area contributed by atoms with Gasteiger partial charge in [0.25, 0.3) is 0 Å². The number of carbonyl (C=O) groups is 1. The number of amides is 1. The van der Waals surface area contributed by atoms with Gasteiger partial charge in [0, 0.05) is 55.9 Å². The molecule has 2 aliphatic heterocycles. The van der Waals surface area contributed by atoms with Gasteiger partial charge in [-0.2, -0.15) is 4.31 Å². The minimum Gasteiger partial charge on any atom is -0.352 e. The number of rotatable bonds is 4. The molecule has 0 N–H and O–H groups in total. The van der Waals surface area contributed by atoms with E-state index in [1.54, 1.807) is 23.1 Å². The smallest absolute Gasteiger partial charge is 0.243 e. The lowest BCUT2D eigenvalue weighted by Crippen LogP contribution is -2.49. The van der Waals surface area contributed by atoms with Crippen molar-refractivity contribution in [3.63, 3.8) is 0 Å². The van der Waals surface area contributed by atoms with Crippen molar-refractivity contribution in [3.8, 4) is 11.3 Å². The van der Waals surface area contributed by atoms with Crippen LogP contribution < -0.4 is 9.80 Å². The number of fused-ring (bicyclic) bond motifs is 1. The SMILES string of the molecule is CC(=O)N1CCCc2cc(S(=O)(=O)N3CCN(c4ccc(-c5ccc(Cl)cc5)nn4)CC3)ccc21. The number of aromatic nitrogens is 2. The van der Waals surface area contributed by atoms with E-state index in [4.69, 9.17) is 11.6 Å². The summed E-state index contributed by atoms with van der Waals surface area (Å²) < 4.78 is 28.2. The molecule has 1 fully saturated rings. The molecule has 5 rings (SSSR count). The summed E-state index contributed by atoms with van der Waals surface area (Å²) in [4.78, 5) is 16.0. The average molecular weight is 512 g/mol. The number of halogens is 1. The molecule has 1 saturated heterocycles. The van der Waals surface area contributed by atoms with Crippen LogP contribution in [0.1, 0.15) is 18.9 Å². The zero-order chi connectivity index (χ0) is 24.6. The Balaban J connectivity index is 1.27. The van der Waals surface area contributed by atoms with Crippen LogP contribution in [0.4, 0.5) is 11.5 Å². The molecule has 0 unspecified atom stereocenters. The Morgan fingerprint density at radius 3 is 2.31 bits per heavy atom. The molecule has 1 amide bonds. The molecular weight excluding hydrogens is 486 g/mol. The van der Waals surface area contributed by atoms with Crippen molar-refractivity contribution >= 4 is 39.0 Å². The summed E-state index contributed by atoms with van der Waals surface area (Å²) in [7, 11) is -3.63. The van der Waals surface area contributed by atoms with E-state index in [1.807, 2.05) is 41.3 Å². The van der Waals surface area contributed by atoms with E-state index < -0.39 is 10.0 Å². The molecule has 1 aromatic heterocycles. The summed E-state index contributed by atoms with van der Waals surface area (Å²) in [5.41, 5.74) is 3.40. The van der Waals surface area contributed by atoms with Crippen LogP contribution in [-0.2, 0) is 21.2 Å². The van der Waals surface area contributed by atoms with Crippen LogP contribution in [0.2, 0.25) is 5.02 Å². The fourth-order valence-corrected chi connectivity index (χ4v) is 6.24. The van der Waals surface area contributed by atoms with E-state index in [9.17, 15) is 13.2 Å². The number of sulfonamides is 1. The summed E-state index contributed by atoms with van der Waals surface area (Å²) in [6.45, 7) is 3.97. The number of carbonyl (C=O) groups excluding carboxylic acids is 1. The summed E-state index contributed by atoms with van der Waals surface area (Å²) in [5.74, 6) is 0.694. The Morgan fingerprint density at radius 1 is 0.914 bits per heavy atom. The highest BCUT2D eigenvalue weighted by molar-refractivity contribution is 7.89. The summed E-state index contributed by atoms with van der Waals surface area (Å²) in [5, 5.41) is 9.36. The molecule has 3 heterocycles. The molecule has 8 nitrogen and oxygen atoms in total. The quantitative estimate of drug-likeness (QED) is 0.532. The van der Waals surface area contributed by atoms with Crippen molar-refractivity contribution in [2.75, 3.05) is 42.5 Å². The molecule has 35 heavy (non-hydrogen) atoms. The number of benzene rings is 2. The zero-order valence-corrected chi connectivity index (χ0v) is 21.0. The zero-order valence-electron chi connectivity index (χ0n) is 19.4. The summed E-state index contributed by atoms with van der Waals surface area (Å²) in [6.07, 6.45) is 1.59. The van der Waals surface area contributed by atoms with Crippen molar-refractivity contribution in [1.29, 1.82) is 0 Å². The maximum absolute atomic E-state index is 13.3. The van der Waals surface area contributed by atoms with Gasteiger partial charge in [0.05, 0.1) is 10.6 Å². The second-order valence-corrected chi connectivity index (χ2v) is 11.1. The third-order valence-electron chi connectivity index (χ3n) is 6.54. The molecule has 182 valence electrons. The third kappa shape index (κ3) is 4.76. The maximum atomic E-state index is 13.3. The van der Waals surface area contributed by atoms with Gasteiger partial charge in [-0.15, -0.1) is 10.2 Å². The summed E-state index contributed by atoms with van der Waals surface area (Å²) >= 11 is 5.95. The van der Waals surface area contributed by atoms with E-state index in [1.165, 1.54) is 11.2 Å². The lowest BCUT2D eigenvalue weighted by Gasteiger charge is -2.35. The van der Waals surface area contributed by atoms with Gasteiger partial charge in [0.2, 0.25) is 15.9 Å². The number of aryl methyl sites for hydroxylation is 1. The monoisotopic (exact) mass is 511 g/mol. The van der Waals surface area contributed by atoms with Crippen LogP contribution in [0.3, 0.4) is 0 Å². The van der Waals surface area contributed by atoms with Crippen LogP contribution in [0, 0.1) is 0 Å². The van der Waals surface area contributed by atoms with E-state index in [0.29, 0.717) is 37.7 Å². The number of nitrogens with zero attached hydrogens (tertiary/aromatic N) is 5. The standard InChI is InChI=1S/C25H26ClN5O3S/c1-18(32)31-12-2-3-20-17-22(8-10-24(20)31)35(33,34)30-15-13-29(14-16-30)25-11-9-23(27-28-25)19-4-6-21(26)7-5-19/h4-11,17H,2-3,12-16H2,1H3. The highest BCUT2D eigenvalue weighted by Crippen LogP contribution is 2.31. The van der Waals surface area contributed by atoms with E-state index in [2.05, 4.69) is 10.2 Å². The number of anilines is 2. The predicted molar refractivity (Wildman–Crippen MR) is 136 cm³/mol. The van der Waals surface area contributed by atoms with Crippen molar-refractivity contribution in [1.82, 2.24) is 14.5 Å². The highest BCUT2D eigenvalue weighted by Gasteiger charge is 2.30. The second kappa shape index (κ2) is 9.56. The van der Waals surface area contributed by atoms with Gasteiger partial charge >= 0.3 is 0 Å². The van der Waals surface area contributed by atoms with Gasteiger partial charge < -0.3 is 9.80 Å². The van der Waals surface area contributed by atoms with Crippen molar-refractivity contribution in [3.05, 3.63) is 65.2 Å². The van der Waals surface area contributed by atoms with Gasteiger partial charge in [-0.25, -0.2) is 8.42 Å². The molecule has 0 aliphatic carbocycles. The highest BCUT2D eigenvalue weighted by atomic mass is 35.5. The minimum atomic E-state index is -3.63. The summed E-state index contributed by atoms with van der Waals surface area (Å²) in [6, 6.07) is 16.3. The second-order valence-electron chi connectivity index (χ2n) is 8.74. The fourth-order valence-electron chi connectivity index (χ4n) is 4.64. The molecule has 0 saturated carbocycles. The Bertz CT molecular complexity index is 1340. The molecule has 0 bridgehead atoms. The van der Waals surface area contributed by atoms with Gasteiger partial charge in [0.1, 0.15) is 0 Å². The van der Waals surface area contributed by atoms with Gasteiger partial charge in [-0.1, -0.05) is 23.7 Å². The van der Waals surface area contributed by atoms with E-state index in [-0.39, 0.29) is 10.8 Å². The van der Waals surface area contributed by atoms with Crippen molar-refractivity contribution in [2.24, 2.45) is 0 Å². The Morgan fingerprint density at radius 2 is 1.66 bits per heavy atom. The van der Waals surface area contributed by atoms with Crippen LogP contribution in [0.25, 0.3) is 11.3 Å². The maximum Gasteiger partial charge on any atom is 0.243 e. The first-order valence-electron chi connectivity index (χ1n) is 11.6. The topological polar surface area (TPSA) is 86.7 Å². The molecule has 0 radical (unpaired) electrons. The van der Waals surface area contributed by atoms with Gasteiger partial charge in [-0.3, -0.25) is 4.79 Å². The molecule has 0 atom stereocenters. The number of hydrogen-bond donors (Lipinski definition) is 0. The lowest BCUT2D eigenvalue weighted by atomic mass is 10.0. The first-order valence-corrected chi connectivity index (χ1v) is 13.4.